The van der Waals surface area contributed by atoms with Crippen LogP contribution in [0.15, 0.2) is 24.3 Å². The van der Waals surface area contributed by atoms with E-state index in [2.05, 4.69) is 24.0 Å². The van der Waals surface area contributed by atoms with E-state index in [1.165, 1.54) is 44.2 Å². The minimum atomic E-state index is 0.512. The van der Waals surface area contributed by atoms with Gasteiger partial charge in [0, 0.05) is 18.2 Å². The molecule has 1 unspecified atom stereocenters. The zero-order chi connectivity index (χ0) is 13.7. The molecule has 104 valence electrons. The fourth-order valence-corrected chi connectivity index (χ4v) is 3.22. The van der Waals surface area contributed by atoms with E-state index >= 15 is 0 Å². The lowest BCUT2D eigenvalue weighted by molar-refractivity contribution is 0.186. The number of rotatable bonds is 4. The van der Waals surface area contributed by atoms with Crippen molar-refractivity contribution in [2.45, 2.75) is 51.6 Å². The Labute approximate surface area is 122 Å². The fraction of sp³-hybridized carbons (Fsp3) is 0.562. The zero-order valence-corrected chi connectivity index (χ0v) is 12.6. The normalized spacial score (nSPS) is 21.0. The van der Waals surface area contributed by atoms with Crippen molar-refractivity contribution in [3.8, 4) is 0 Å². The standard InChI is InChI=1S/C16H24N2S/c1-2-14-9-4-3-7-11-18(14)12-13-8-5-6-10-15(13)16(17)19/h5-6,8,10,14H,2-4,7,9,11-12H2,1H3,(H2,17,19). The van der Waals surface area contributed by atoms with Gasteiger partial charge in [-0.15, -0.1) is 0 Å². The van der Waals surface area contributed by atoms with E-state index in [0.717, 1.165) is 12.1 Å². The molecule has 19 heavy (non-hydrogen) atoms. The Hall–Kier alpha value is -0.930. The third-order valence-corrected chi connectivity index (χ3v) is 4.35. The largest absolute Gasteiger partial charge is 0.389 e. The van der Waals surface area contributed by atoms with E-state index in [9.17, 15) is 0 Å². The van der Waals surface area contributed by atoms with Crippen molar-refractivity contribution in [2.75, 3.05) is 6.54 Å². The number of hydrogen-bond donors (Lipinski definition) is 1. The van der Waals surface area contributed by atoms with Gasteiger partial charge in [-0.2, -0.15) is 0 Å². The van der Waals surface area contributed by atoms with Gasteiger partial charge in [-0.25, -0.2) is 0 Å². The van der Waals surface area contributed by atoms with Gasteiger partial charge in [-0.1, -0.05) is 56.2 Å². The van der Waals surface area contributed by atoms with E-state index in [1.807, 2.05) is 12.1 Å². The third kappa shape index (κ3) is 3.77. The van der Waals surface area contributed by atoms with Crippen molar-refractivity contribution in [2.24, 2.45) is 5.73 Å². The van der Waals surface area contributed by atoms with Crippen LogP contribution in [0.5, 0.6) is 0 Å². The second-order valence-corrected chi connectivity index (χ2v) is 5.84. The lowest BCUT2D eigenvalue weighted by atomic mass is 10.0. The Morgan fingerprint density at radius 2 is 2.11 bits per heavy atom. The molecule has 2 rings (SSSR count). The van der Waals surface area contributed by atoms with Crippen LogP contribution in [0, 0.1) is 0 Å². The summed E-state index contributed by atoms with van der Waals surface area (Å²) in [5.74, 6) is 0. The maximum atomic E-state index is 5.83. The van der Waals surface area contributed by atoms with Crippen molar-refractivity contribution in [1.82, 2.24) is 4.90 Å². The quantitative estimate of drug-likeness (QED) is 0.854. The average molecular weight is 276 g/mol. The molecule has 0 bridgehead atoms. The molecule has 1 heterocycles. The molecule has 0 radical (unpaired) electrons. The molecule has 0 aromatic heterocycles. The molecule has 1 fully saturated rings. The number of likely N-dealkylation sites (tertiary alicyclic amines) is 1. The van der Waals surface area contributed by atoms with E-state index in [0.29, 0.717) is 11.0 Å². The zero-order valence-electron chi connectivity index (χ0n) is 11.8. The van der Waals surface area contributed by atoms with Crippen LogP contribution >= 0.6 is 12.2 Å². The van der Waals surface area contributed by atoms with E-state index in [4.69, 9.17) is 18.0 Å². The Bertz CT molecular complexity index is 431. The first-order chi connectivity index (χ1) is 9.22. The summed E-state index contributed by atoms with van der Waals surface area (Å²) in [6.07, 6.45) is 6.60. The van der Waals surface area contributed by atoms with Gasteiger partial charge in [0.1, 0.15) is 4.99 Å². The number of nitrogens with two attached hydrogens (primary N) is 1. The Balaban J connectivity index is 2.16. The van der Waals surface area contributed by atoms with Crippen LogP contribution in [0.25, 0.3) is 0 Å². The van der Waals surface area contributed by atoms with Crippen molar-refractivity contribution in [1.29, 1.82) is 0 Å². The molecule has 1 aromatic carbocycles. The topological polar surface area (TPSA) is 29.3 Å². The first-order valence-electron chi connectivity index (χ1n) is 7.34. The van der Waals surface area contributed by atoms with E-state index < -0.39 is 0 Å². The molecule has 0 saturated carbocycles. The highest BCUT2D eigenvalue weighted by molar-refractivity contribution is 7.80. The van der Waals surface area contributed by atoms with E-state index in [-0.39, 0.29) is 0 Å². The maximum absolute atomic E-state index is 5.83. The molecule has 1 aliphatic heterocycles. The Morgan fingerprint density at radius 3 is 2.84 bits per heavy atom. The third-order valence-electron chi connectivity index (χ3n) is 4.13. The molecule has 1 aliphatic rings. The van der Waals surface area contributed by atoms with Gasteiger partial charge >= 0.3 is 0 Å². The minimum absolute atomic E-state index is 0.512. The summed E-state index contributed by atoms with van der Waals surface area (Å²) in [6.45, 7) is 4.47. The van der Waals surface area contributed by atoms with Crippen molar-refractivity contribution < 1.29 is 0 Å². The van der Waals surface area contributed by atoms with Crippen LogP contribution in [0.4, 0.5) is 0 Å². The molecular formula is C16H24N2S. The highest BCUT2D eigenvalue weighted by Crippen LogP contribution is 2.22. The molecular weight excluding hydrogens is 252 g/mol. The van der Waals surface area contributed by atoms with E-state index in [1.54, 1.807) is 0 Å². The molecule has 1 atom stereocenters. The first kappa shape index (κ1) is 14.5. The minimum Gasteiger partial charge on any atom is -0.389 e. The predicted octanol–water partition coefficient (Wildman–Crippen LogP) is 3.48. The second-order valence-electron chi connectivity index (χ2n) is 5.40. The summed E-state index contributed by atoms with van der Waals surface area (Å²) in [4.78, 5) is 3.13. The second kappa shape index (κ2) is 7.01. The molecule has 1 aromatic rings. The fourth-order valence-electron chi connectivity index (χ4n) is 3.02. The summed E-state index contributed by atoms with van der Waals surface area (Å²) in [7, 11) is 0. The highest BCUT2D eigenvalue weighted by Gasteiger charge is 2.20. The number of hydrogen-bond acceptors (Lipinski definition) is 2. The Morgan fingerprint density at radius 1 is 1.32 bits per heavy atom. The highest BCUT2D eigenvalue weighted by atomic mass is 32.1. The Kier molecular flexibility index (Phi) is 5.34. The number of thiocarbonyl (C=S) groups is 1. The van der Waals surface area contributed by atoms with Gasteiger partial charge in [0.05, 0.1) is 0 Å². The monoisotopic (exact) mass is 276 g/mol. The number of benzene rings is 1. The molecule has 0 aliphatic carbocycles. The summed E-state index contributed by atoms with van der Waals surface area (Å²) >= 11 is 5.16. The molecule has 1 saturated heterocycles. The molecule has 0 spiro atoms. The molecule has 0 amide bonds. The van der Waals surface area contributed by atoms with Crippen LogP contribution in [-0.2, 0) is 6.54 Å². The van der Waals surface area contributed by atoms with Crippen LogP contribution in [0.2, 0.25) is 0 Å². The van der Waals surface area contributed by atoms with Gasteiger partial charge in [0.2, 0.25) is 0 Å². The predicted molar refractivity (Wildman–Crippen MR) is 85.3 cm³/mol. The summed E-state index contributed by atoms with van der Waals surface area (Å²) in [6, 6.07) is 9.00. The summed E-state index contributed by atoms with van der Waals surface area (Å²) in [5, 5.41) is 0. The lowest BCUT2D eigenvalue weighted by Gasteiger charge is -2.29. The molecule has 2 N–H and O–H groups in total. The van der Waals surface area contributed by atoms with Crippen molar-refractivity contribution >= 4 is 17.2 Å². The van der Waals surface area contributed by atoms with Crippen LogP contribution in [0.3, 0.4) is 0 Å². The van der Waals surface area contributed by atoms with Crippen molar-refractivity contribution in [3.05, 3.63) is 35.4 Å². The van der Waals surface area contributed by atoms with Gasteiger partial charge in [0.15, 0.2) is 0 Å². The van der Waals surface area contributed by atoms with Crippen LogP contribution < -0.4 is 5.73 Å². The number of nitrogens with zero attached hydrogens (tertiary/aromatic N) is 1. The van der Waals surface area contributed by atoms with Crippen LogP contribution in [0.1, 0.15) is 50.2 Å². The first-order valence-corrected chi connectivity index (χ1v) is 7.75. The van der Waals surface area contributed by atoms with Crippen LogP contribution in [-0.4, -0.2) is 22.5 Å². The maximum Gasteiger partial charge on any atom is 0.104 e. The summed E-state index contributed by atoms with van der Waals surface area (Å²) < 4.78 is 0. The molecule has 3 heteroatoms. The summed E-state index contributed by atoms with van der Waals surface area (Å²) in [5.41, 5.74) is 8.14. The van der Waals surface area contributed by atoms with Gasteiger partial charge in [-0.05, 0) is 31.4 Å². The van der Waals surface area contributed by atoms with Gasteiger partial charge < -0.3 is 5.73 Å². The van der Waals surface area contributed by atoms with Crippen molar-refractivity contribution in [3.63, 3.8) is 0 Å². The SMILES string of the molecule is CCC1CCCCCN1Cc1ccccc1C(N)=S. The lowest BCUT2D eigenvalue weighted by Crippen LogP contribution is -2.34. The van der Waals surface area contributed by atoms with Gasteiger partial charge in [-0.3, -0.25) is 4.90 Å². The molecule has 2 nitrogen and oxygen atoms in total. The van der Waals surface area contributed by atoms with Gasteiger partial charge in [0.25, 0.3) is 0 Å². The average Bonchev–Trinajstić information content (AvgIpc) is 2.64. The smallest absolute Gasteiger partial charge is 0.104 e.